The fourth-order valence-electron chi connectivity index (χ4n) is 2.78. The van der Waals surface area contributed by atoms with Gasteiger partial charge < -0.3 is 20.9 Å². The summed E-state index contributed by atoms with van der Waals surface area (Å²) in [5.41, 5.74) is -1.49. The first kappa shape index (κ1) is 29.9. The van der Waals surface area contributed by atoms with E-state index < -0.39 is 23.5 Å². The van der Waals surface area contributed by atoms with Gasteiger partial charge in [-0.25, -0.2) is 9.97 Å². The molecule has 0 radical (unpaired) electrons. The predicted molar refractivity (Wildman–Crippen MR) is 121 cm³/mol. The monoisotopic (exact) mass is 514 g/mol. The molecule has 4 rings (SSSR count). The van der Waals surface area contributed by atoms with E-state index >= 15 is 0 Å². The predicted octanol–water partition coefficient (Wildman–Crippen LogP) is 4.08. The number of nitrogens with one attached hydrogen (secondary N) is 3. The molecule has 6 nitrogen and oxygen atoms in total. The van der Waals surface area contributed by atoms with Gasteiger partial charge in [-0.1, -0.05) is 19.0 Å². The maximum atomic E-state index is 12.3. The number of aromatic nitrogens is 2. The molecule has 2 fully saturated rings. The van der Waals surface area contributed by atoms with Crippen LogP contribution in [0.1, 0.15) is 18.6 Å². The minimum atomic E-state index is -4.34. The molecule has 0 spiro atoms. The molecule has 2 aromatic heterocycles. The maximum absolute atomic E-state index is 12.3. The number of pyridine rings is 2. The zero-order valence-corrected chi connectivity index (χ0v) is 18.4. The second-order valence-corrected chi connectivity index (χ2v) is 7.39. The van der Waals surface area contributed by atoms with E-state index in [2.05, 4.69) is 25.9 Å². The third kappa shape index (κ3) is 10.9. The van der Waals surface area contributed by atoms with E-state index in [4.69, 9.17) is 11.6 Å². The van der Waals surface area contributed by atoms with Gasteiger partial charge in [-0.05, 0) is 24.3 Å². The van der Waals surface area contributed by atoms with Gasteiger partial charge >= 0.3 is 12.4 Å². The summed E-state index contributed by atoms with van der Waals surface area (Å²) in [5, 5.41) is 9.67. The molecule has 0 amide bonds. The van der Waals surface area contributed by atoms with Gasteiger partial charge in [0.1, 0.15) is 11.0 Å². The molecule has 0 saturated carbocycles. The zero-order valence-electron chi connectivity index (χ0n) is 17.6. The minimum absolute atomic E-state index is 0. The molecule has 2 saturated heterocycles. The molecule has 2 aromatic rings. The number of alkyl halides is 6. The van der Waals surface area contributed by atoms with Gasteiger partial charge in [0.15, 0.2) is 0 Å². The lowest BCUT2D eigenvalue weighted by molar-refractivity contribution is -0.138. The standard InChI is InChI=1S/C10H12F3N3.C6H3ClF3N.C4H10N2.CH4/c11-10(12,13)8-1-2-9(15-7-8)16-5-3-14-4-6-16;7-5-2-1-4(3-11-5)6(8,9)10;1-2-6-4-3-5-1;/h1-2,7,14H,3-6H2;1-3H;5-6H,1-4H2;1H4. The highest BCUT2D eigenvalue weighted by atomic mass is 35.5. The molecular weight excluding hydrogens is 486 g/mol. The second kappa shape index (κ2) is 14.3. The molecule has 0 aliphatic carbocycles. The van der Waals surface area contributed by atoms with Crippen LogP contribution in [0.4, 0.5) is 32.2 Å². The van der Waals surface area contributed by atoms with Gasteiger partial charge in [0.25, 0.3) is 0 Å². The van der Waals surface area contributed by atoms with Crippen LogP contribution >= 0.6 is 11.6 Å². The highest BCUT2D eigenvalue weighted by molar-refractivity contribution is 6.29. The Labute approximate surface area is 200 Å². The second-order valence-electron chi connectivity index (χ2n) is 7.01. The van der Waals surface area contributed by atoms with Crippen molar-refractivity contribution < 1.29 is 26.3 Å². The van der Waals surface area contributed by atoms with E-state index in [-0.39, 0.29) is 12.6 Å². The number of halogens is 7. The summed E-state index contributed by atoms with van der Waals surface area (Å²) in [6.45, 7) is 7.78. The maximum Gasteiger partial charge on any atom is 0.417 e. The average molecular weight is 515 g/mol. The van der Waals surface area contributed by atoms with Crippen molar-refractivity contribution in [3.63, 3.8) is 0 Å². The highest BCUT2D eigenvalue weighted by Gasteiger charge is 2.31. The molecular formula is C21H29ClF6N6. The molecule has 3 N–H and O–H groups in total. The van der Waals surface area contributed by atoms with Crippen molar-refractivity contribution in [1.82, 2.24) is 25.9 Å². The van der Waals surface area contributed by atoms with Crippen LogP contribution in [0.25, 0.3) is 0 Å². The smallest absolute Gasteiger partial charge is 0.354 e. The van der Waals surface area contributed by atoms with Crippen molar-refractivity contribution in [3.05, 3.63) is 52.9 Å². The number of rotatable bonds is 1. The summed E-state index contributed by atoms with van der Waals surface area (Å²) in [4.78, 5) is 9.11. The van der Waals surface area contributed by atoms with Crippen molar-refractivity contribution in [2.45, 2.75) is 19.8 Å². The van der Waals surface area contributed by atoms with E-state index in [1.165, 1.54) is 6.07 Å². The van der Waals surface area contributed by atoms with Gasteiger partial charge in [-0.15, -0.1) is 0 Å². The Balaban J connectivity index is 0.000000278. The summed E-state index contributed by atoms with van der Waals surface area (Å²) in [7, 11) is 0. The van der Waals surface area contributed by atoms with Crippen molar-refractivity contribution >= 4 is 17.4 Å². The number of piperazine rings is 2. The summed E-state index contributed by atoms with van der Waals surface area (Å²) >= 11 is 5.28. The normalized spacial score (nSPS) is 16.3. The van der Waals surface area contributed by atoms with Crippen LogP contribution in [0, 0.1) is 0 Å². The summed E-state index contributed by atoms with van der Waals surface area (Å²) in [6, 6.07) is 4.48. The topological polar surface area (TPSA) is 65.1 Å². The molecule has 0 bridgehead atoms. The Morgan fingerprint density at radius 3 is 1.47 bits per heavy atom. The first-order valence-corrected chi connectivity index (χ1v) is 10.5. The van der Waals surface area contributed by atoms with Crippen molar-refractivity contribution in [2.24, 2.45) is 0 Å². The van der Waals surface area contributed by atoms with E-state index in [0.29, 0.717) is 12.0 Å². The first-order chi connectivity index (χ1) is 15.6. The van der Waals surface area contributed by atoms with Crippen LogP contribution in [0.2, 0.25) is 5.15 Å². The summed E-state index contributed by atoms with van der Waals surface area (Å²) in [6.07, 6.45) is -7.06. The van der Waals surface area contributed by atoms with Gasteiger partial charge in [0.05, 0.1) is 11.1 Å². The Bertz CT molecular complexity index is 793. The van der Waals surface area contributed by atoms with E-state index in [0.717, 1.165) is 76.8 Å². The first-order valence-electron chi connectivity index (χ1n) is 10.2. The van der Waals surface area contributed by atoms with Gasteiger partial charge in [-0.2, -0.15) is 26.3 Å². The lowest BCUT2D eigenvalue weighted by Crippen LogP contribution is -2.43. The van der Waals surface area contributed by atoms with Crippen LogP contribution < -0.4 is 20.9 Å². The Hall–Kier alpha value is -2.15. The lowest BCUT2D eigenvalue weighted by Gasteiger charge is -2.28. The Kier molecular flexibility index (Phi) is 12.6. The number of hydrogen-bond donors (Lipinski definition) is 3. The third-order valence-corrected chi connectivity index (χ3v) is 4.75. The lowest BCUT2D eigenvalue weighted by atomic mass is 10.2. The van der Waals surface area contributed by atoms with E-state index in [9.17, 15) is 26.3 Å². The summed E-state index contributed by atoms with van der Waals surface area (Å²) in [5.74, 6) is 0.606. The summed E-state index contributed by atoms with van der Waals surface area (Å²) < 4.78 is 72.4. The number of nitrogens with zero attached hydrogens (tertiary/aromatic N) is 3. The van der Waals surface area contributed by atoms with Crippen molar-refractivity contribution in [1.29, 1.82) is 0 Å². The largest absolute Gasteiger partial charge is 0.417 e. The molecule has 2 aliphatic rings. The van der Waals surface area contributed by atoms with E-state index in [1.54, 1.807) is 0 Å². The van der Waals surface area contributed by atoms with Gasteiger partial charge in [0.2, 0.25) is 0 Å². The zero-order chi connectivity index (χ0) is 24.3. The van der Waals surface area contributed by atoms with Crippen molar-refractivity contribution in [3.8, 4) is 0 Å². The van der Waals surface area contributed by atoms with Crippen LogP contribution in [0.5, 0.6) is 0 Å². The van der Waals surface area contributed by atoms with E-state index in [1.807, 2.05) is 4.90 Å². The fraction of sp³-hybridized carbons (Fsp3) is 0.524. The van der Waals surface area contributed by atoms with Crippen LogP contribution in [-0.4, -0.2) is 62.3 Å². The minimum Gasteiger partial charge on any atom is -0.354 e. The molecule has 0 atom stereocenters. The van der Waals surface area contributed by atoms with Crippen LogP contribution in [0.3, 0.4) is 0 Å². The average Bonchev–Trinajstić information content (AvgIpc) is 2.81. The number of anilines is 1. The number of hydrogen-bond acceptors (Lipinski definition) is 6. The van der Waals surface area contributed by atoms with Crippen LogP contribution in [-0.2, 0) is 12.4 Å². The fourth-order valence-corrected chi connectivity index (χ4v) is 2.89. The molecule has 13 heteroatoms. The highest BCUT2D eigenvalue weighted by Crippen LogP contribution is 2.29. The molecule has 192 valence electrons. The third-order valence-electron chi connectivity index (χ3n) is 4.53. The molecule has 4 heterocycles. The molecule has 2 aliphatic heterocycles. The Morgan fingerprint density at radius 1 is 0.676 bits per heavy atom. The van der Waals surface area contributed by atoms with Gasteiger partial charge in [-0.3, -0.25) is 0 Å². The molecule has 34 heavy (non-hydrogen) atoms. The molecule has 0 unspecified atom stereocenters. The SMILES string of the molecule is C.C1CNCCN1.FC(F)(F)c1ccc(Cl)nc1.FC(F)(F)c1ccc(N2CCNCC2)nc1. The Morgan fingerprint density at radius 2 is 1.12 bits per heavy atom. The van der Waals surface area contributed by atoms with Crippen molar-refractivity contribution in [2.75, 3.05) is 57.3 Å². The quantitative estimate of drug-likeness (QED) is 0.394. The molecule has 0 aromatic carbocycles. The van der Waals surface area contributed by atoms with Gasteiger partial charge in [0, 0.05) is 64.8 Å². The van der Waals surface area contributed by atoms with Crippen LogP contribution in [0.15, 0.2) is 36.7 Å².